The van der Waals surface area contributed by atoms with Gasteiger partial charge in [-0.15, -0.1) is 0 Å². The quantitative estimate of drug-likeness (QED) is 0.928. The average Bonchev–Trinajstić information content (AvgIpc) is 2.77. The van der Waals surface area contributed by atoms with Crippen LogP contribution in [0.25, 0.3) is 0 Å². The number of carbonyl (C=O) groups excluding carboxylic acids is 1. The summed E-state index contributed by atoms with van der Waals surface area (Å²) in [6, 6.07) is 0.101. The van der Waals surface area contributed by atoms with Crippen molar-refractivity contribution in [1.29, 1.82) is 0 Å². The van der Waals surface area contributed by atoms with Crippen LogP contribution in [0.4, 0.5) is 4.79 Å². The van der Waals surface area contributed by atoms with Gasteiger partial charge in [0.2, 0.25) is 0 Å². The molecule has 0 bridgehead atoms. The van der Waals surface area contributed by atoms with E-state index in [0.29, 0.717) is 25.7 Å². The summed E-state index contributed by atoms with van der Waals surface area (Å²) in [6.07, 6.45) is 2.93. The molecule has 1 fully saturated rings. The van der Waals surface area contributed by atoms with Gasteiger partial charge < -0.3 is 15.0 Å². The molecule has 0 spiro atoms. The summed E-state index contributed by atoms with van der Waals surface area (Å²) in [5.41, 5.74) is 2.01. The minimum Gasteiger partial charge on any atom is -0.377 e. The van der Waals surface area contributed by atoms with Crippen LogP contribution in [-0.2, 0) is 11.8 Å². The van der Waals surface area contributed by atoms with E-state index in [4.69, 9.17) is 4.74 Å². The second-order valence-electron chi connectivity index (χ2n) is 6.57. The molecule has 0 aliphatic carbocycles. The van der Waals surface area contributed by atoms with Crippen LogP contribution in [0.15, 0.2) is 6.20 Å². The lowest BCUT2D eigenvalue weighted by molar-refractivity contribution is 0.00509. The van der Waals surface area contributed by atoms with E-state index in [-0.39, 0.29) is 18.1 Å². The Balaban J connectivity index is 2.01. The molecule has 2 atom stereocenters. The Morgan fingerprint density at radius 1 is 1.50 bits per heavy atom. The summed E-state index contributed by atoms with van der Waals surface area (Å²) in [4.78, 5) is 14.5. The zero-order chi connectivity index (χ0) is 16.3. The summed E-state index contributed by atoms with van der Waals surface area (Å²) >= 11 is 0. The lowest BCUT2D eigenvalue weighted by Gasteiger charge is -2.37. The third-order valence-corrected chi connectivity index (χ3v) is 4.09. The largest absolute Gasteiger partial charge is 0.377 e. The van der Waals surface area contributed by atoms with Crippen LogP contribution in [-0.4, -0.2) is 46.5 Å². The van der Waals surface area contributed by atoms with Crippen LogP contribution < -0.4 is 5.32 Å². The topological polar surface area (TPSA) is 59.4 Å². The molecule has 1 aromatic heterocycles. The second-order valence-corrected chi connectivity index (χ2v) is 6.57. The van der Waals surface area contributed by atoms with Crippen molar-refractivity contribution in [3.63, 3.8) is 0 Å². The van der Waals surface area contributed by atoms with E-state index >= 15 is 0 Å². The minimum absolute atomic E-state index is 0.00953. The molecule has 0 radical (unpaired) electrons. The molecule has 1 aliphatic heterocycles. The zero-order valence-electron chi connectivity index (χ0n) is 14.3. The van der Waals surface area contributed by atoms with Gasteiger partial charge in [0.25, 0.3) is 0 Å². The molecule has 1 N–H and O–H groups in total. The van der Waals surface area contributed by atoms with E-state index in [1.807, 2.05) is 32.0 Å². The number of ether oxygens (including phenoxy) is 1. The first-order valence-electron chi connectivity index (χ1n) is 8.03. The minimum atomic E-state index is -0.0521. The molecule has 0 unspecified atom stereocenters. The van der Waals surface area contributed by atoms with Gasteiger partial charge in [0.1, 0.15) is 0 Å². The van der Waals surface area contributed by atoms with Crippen LogP contribution in [0.3, 0.4) is 0 Å². The fraction of sp³-hybridized carbons (Fsp3) is 0.750. The third kappa shape index (κ3) is 4.00. The van der Waals surface area contributed by atoms with Gasteiger partial charge in [-0.3, -0.25) is 4.68 Å². The molecular weight excluding hydrogens is 280 g/mol. The molecule has 0 aromatic carbocycles. The van der Waals surface area contributed by atoms with Gasteiger partial charge in [0, 0.05) is 25.4 Å². The molecule has 6 heteroatoms. The molecule has 22 heavy (non-hydrogen) atoms. The third-order valence-electron chi connectivity index (χ3n) is 4.09. The molecule has 2 amide bonds. The summed E-state index contributed by atoms with van der Waals surface area (Å²) in [7, 11) is 1.89. The molecule has 2 heterocycles. The van der Waals surface area contributed by atoms with Gasteiger partial charge in [-0.1, -0.05) is 13.8 Å². The standard InChI is InChI=1S/C16H28N4O2/c1-11(2)8-14-10-22-7-6-20(14)16(21)17-12(3)15-9-19(5)18-13(15)4/h9,11-12,14H,6-8,10H2,1-5H3,(H,17,21)/t12-,14-/m0/s1. The number of aromatic nitrogens is 2. The highest BCUT2D eigenvalue weighted by atomic mass is 16.5. The maximum absolute atomic E-state index is 12.6. The van der Waals surface area contributed by atoms with E-state index < -0.39 is 0 Å². The van der Waals surface area contributed by atoms with Crippen molar-refractivity contribution in [2.24, 2.45) is 13.0 Å². The summed E-state index contributed by atoms with van der Waals surface area (Å²) < 4.78 is 7.32. The SMILES string of the molecule is Cc1nn(C)cc1[C@H](C)NC(=O)N1CCOC[C@@H]1CC(C)C. The van der Waals surface area contributed by atoms with Crippen molar-refractivity contribution in [2.45, 2.75) is 46.2 Å². The Bertz CT molecular complexity index is 512. The number of aryl methyl sites for hydroxylation is 2. The normalized spacial score (nSPS) is 20.3. The van der Waals surface area contributed by atoms with Crippen molar-refractivity contribution in [2.75, 3.05) is 19.8 Å². The van der Waals surface area contributed by atoms with E-state index in [0.717, 1.165) is 17.7 Å². The van der Waals surface area contributed by atoms with E-state index in [1.54, 1.807) is 4.68 Å². The van der Waals surface area contributed by atoms with Gasteiger partial charge in [-0.25, -0.2) is 4.79 Å². The molecule has 1 saturated heterocycles. The van der Waals surface area contributed by atoms with Crippen molar-refractivity contribution >= 4 is 6.03 Å². The van der Waals surface area contributed by atoms with Crippen LogP contribution in [0.2, 0.25) is 0 Å². The van der Waals surface area contributed by atoms with Crippen LogP contribution in [0, 0.1) is 12.8 Å². The highest BCUT2D eigenvalue weighted by molar-refractivity contribution is 5.75. The van der Waals surface area contributed by atoms with Gasteiger partial charge in [-0.05, 0) is 26.2 Å². The van der Waals surface area contributed by atoms with Crippen LogP contribution in [0.1, 0.15) is 44.5 Å². The predicted molar refractivity (Wildman–Crippen MR) is 85.7 cm³/mol. The fourth-order valence-corrected chi connectivity index (χ4v) is 3.05. The number of carbonyl (C=O) groups is 1. The van der Waals surface area contributed by atoms with Gasteiger partial charge >= 0.3 is 6.03 Å². The Kier molecular flexibility index (Phi) is 5.45. The number of rotatable bonds is 4. The van der Waals surface area contributed by atoms with E-state index in [1.165, 1.54) is 0 Å². The average molecular weight is 308 g/mol. The first-order chi connectivity index (χ1) is 10.4. The molecule has 124 valence electrons. The van der Waals surface area contributed by atoms with Crippen molar-refractivity contribution in [3.8, 4) is 0 Å². The molecule has 6 nitrogen and oxygen atoms in total. The molecule has 2 rings (SSSR count). The summed E-state index contributed by atoms with van der Waals surface area (Å²) in [6.45, 7) is 10.2. The Morgan fingerprint density at radius 3 is 2.82 bits per heavy atom. The molecular formula is C16H28N4O2. The molecule has 0 saturated carbocycles. The zero-order valence-corrected chi connectivity index (χ0v) is 14.3. The lowest BCUT2D eigenvalue weighted by Crippen LogP contribution is -2.53. The Hall–Kier alpha value is -1.56. The number of hydrogen-bond donors (Lipinski definition) is 1. The Morgan fingerprint density at radius 2 is 2.23 bits per heavy atom. The monoisotopic (exact) mass is 308 g/mol. The maximum Gasteiger partial charge on any atom is 0.318 e. The number of nitrogens with zero attached hydrogens (tertiary/aromatic N) is 3. The number of hydrogen-bond acceptors (Lipinski definition) is 3. The number of nitrogens with one attached hydrogen (secondary N) is 1. The molecule has 1 aromatic rings. The van der Waals surface area contributed by atoms with E-state index in [2.05, 4.69) is 24.3 Å². The number of urea groups is 1. The number of amides is 2. The first-order valence-corrected chi connectivity index (χ1v) is 8.03. The van der Waals surface area contributed by atoms with Gasteiger partial charge in [-0.2, -0.15) is 5.10 Å². The second kappa shape index (κ2) is 7.13. The van der Waals surface area contributed by atoms with Crippen molar-refractivity contribution < 1.29 is 9.53 Å². The van der Waals surface area contributed by atoms with E-state index in [9.17, 15) is 4.79 Å². The predicted octanol–water partition coefficient (Wildman–Crippen LogP) is 2.25. The number of morpholine rings is 1. The van der Waals surface area contributed by atoms with Gasteiger partial charge in [0.15, 0.2) is 0 Å². The first kappa shape index (κ1) is 16.8. The van der Waals surface area contributed by atoms with Gasteiger partial charge in [0.05, 0.1) is 31.0 Å². The van der Waals surface area contributed by atoms with Crippen molar-refractivity contribution in [1.82, 2.24) is 20.0 Å². The lowest BCUT2D eigenvalue weighted by atomic mass is 10.0. The highest BCUT2D eigenvalue weighted by Crippen LogP contribution is 2.19. The highest BCUT2D eigenvalue weighted by Gasteiger charge is 2.29. The van der Waals surface area contributed by atoms with Crippen LogP contribution in [0.5, 0.6) is 0 Å². The maximum atomic E-state index is 12.6. The molecule has 1 aliphatic rings. The Labute approximate surface area is 132 Å². The summed E-state index contributed by atoms with van der Waals surface area (Å²) in [5, 5.41) is 7.44. The summed E-state index contributed by atoms with van der Waals surface area (Å²) in [5.74, 6) is 0.542. The van der Waals surface area contributed by atoms with Crippen molar-refractivity contribution in [3.05, 3.63) is 17.5 Å². The van der Waals surface area contributed by atoms with Crippen LogP contribution >= 0.6 is 0 Å². The fourth-order valence-electron chi connectivity index (χ4n) is 3.05. The smallest absolute Gasteiger partial charge is 0.318 e.